The van der Waals surface area contributed by atoms with E-state index in [4.69, 9.17) is 0 Å². The highest BCUT2D eigenvalue weighted by atomic mass is 32.2. The lowest BCUT2D eigenvalue weighted by Gasteiger charge is -2.09. The SMILES string of the molecule is CC1=NC2C=NC=CC2S1. The summed E-state index contributed by atoms with van der Waals surface area (Å²) in [5.41, 5.74) is 0. The zero-order chi connectivity index (χ0) is 6.97. The Bertz CT molecular complexity index is 230. The number of aliphatic imine (C=N–C) groups is 2. The van der Waals surface area contributed by atoms with E-state index in [2.05, 4.69) is 16.1 Å². The van der Waals surface area contributed by atoms with Gasteiger partial charge in [-0.3, -0.25) is 9.98 Å². The monoisotopic (exact) mass is 152 g/mol. The van der Waals surface area contributed by atoms with Crippen LogP contribution in [0.1, 0.15) is 6.92 Å². The van der Waals surface area contributed by atoms with E-state index >= 15 is 0 Å². The third-order valence-electron chi connectivity index (χ3n) is 1.57. The molecule has 0 aromatic rings. The molecule has 2 heterocycles. The number of thioether (sulfide) groups is 1. The van der Waals surface area contributed by atoms with E-state index in [9.17, 15) is 0 Å². The van der Waals surface area contributed by atoms with Crippen molar-refractivity contribution in [3.05, 3.63) is 12.3 Å². The summed E-state index contributed by atoms with van der Waals surface area (Å²) in [5, 5.41) is 1.70. The topological polar surface area (TPSA) is 24.7 Å². The van der Waals surface area contributed by atoms with Gasteiger partial charge in [-0.25, -0.2) is 0 Å². The lowest BCUT2D eigenvalue weighted by atomic mass is 10.2. The summed E-state index contributed by atoms with van der Waals surface area (Å²) < 4.78 is 0. The molecule has 0 radical (unpaired) electrons. The highest BCUT2D eigenvalue weighted by Gasteiger charge is 2.25. The Morgan fingerprint density at radius 1 is 1.60 bits per heavy atom. The van der Waals surface area contributed by atoms with Crippen LogP contribution in [0.15, 0.2) is 22.3 Å². The third-order valence-corrected chi connectivity index (χ3v) is 2.73. The predicted molar refractivity (Wildman–Crippen MR) is 45.9 cm³/mol. The van der Waals surface area contributed by atoms with E-state index in [1.165, 1.54) is 5.04 Å². The molecular weight excluding hydrogens is 144 g/mol. The molecule has 0 amide bonds. The van der Waals surface area contributed by atoms with Crippen molar-refractivity contribution in [1.29, 1.82) is 0 Å². The molecule has 0 N–H and O–H groups in total. The Morgan fingerprint density at radius 3 is 3.30 bits per heavy atom. The number of hydrogen-bond acceptors (Lipinski definition) is 3. The molecule has 3 heteroatoms. The van der Waals surface area contributed by atoms with Gasteiger partial charge in [0.25, 0.3) is 0 Å². The first kappa shape index (κ1) is 6.16. The van der Waals surface area contributed by atoms with Gasteiger partial charge in [-0.2, -0.15) is 0 Å². The summed E-state index contributed by atoms with van der Waals surface area (Å²) in [7, 11) is 0. The Balaban J connectivity index is 2.24. The maximum absolute atomic E-state index is 4.39. The van der Waals surface area contributed by atoms with Crippen LogP contribution in [0.25, 0.3) is 0 Å². The molecule has 2 unspecified atom stereocenters. The molecule has 2 rings (SSSR count). The van der Waals surface area contributed by atoms with Crippen molar-refractivity contribution in [3.63, 3.8) is 0 Å². The molecule has 0 fully saturated rings. The molecule has 0 aromatic heterocycles. The van der Waals surface area contributed by atoms with E-state index in [0.29, 0.717) is 11.3 Å². The Labute approximate surface area is 64.1 Å². The van der Waals surface area contributed by atoms with Crippen LogP contribution in [-0.4, -0.2) is 22.6 Å². The van der Waals surface area contributed by atoms with Crippen molar-refractivity contribution < 1.29 is 0 Å². The molecule has 52 valence electrons. The first-order valence-corrected chi connectivity index (χ1v) is 4.15. The fourth-order valence-electron chi connectivity index (χ4n) is 1.12. The minimum Gasteiger partial charge on any atom is -0.273 e. The lowest BCUT2D eigenvalue weighted by Crippen LogP contribution is -2.18. The van der Waals surface area contributed by atoms with Gasteiger partial charge in [-0.15, -0.1) is 11.8 Å². The number of rotatable bonds is 0. The molecular formula is C7H8N2S. The van der Waals surface area contributed by atoms with Crippen LogP contribution < -0.4 is 0 Å². The molecule has 0 aliphatic carbocycles. The summed E-state index contributed by atoms with van der Waals surface area (Å²) in [6.45, 7) is 2.05. The third kappa shape index (κ3) is 0.904. The van der Waals surface area contributed by atoms with Gasteiger partial charge < -0.3 is 0 Å². The maximum Gasteiger partial charge on any atom is 0.102 e. The van der Waals surface area contributed by atoms with Crippen LogP contribution in [0.4, 0.5) is 0 Å². The molecule has 2 aliphatic rings. The normalized spacial score (nSPS) is 35.9. The average molecular weight is 152 g/mol. The van der Waals surface area contributed by atoms with Crippen molar-refractivity contribution in [2.24, 2.45) is 9.98 Å². The standard InChI is InChI=1S/C7H8N2S/c1-5-9-6-4-8-3-2-7(6)10-5/h2-4,6-7H,1H3. The zero-order valence-electron chi connectivity index (χ0n) is 5.69. The largest absolute Gasteiger partial charge is 0.273 e. The van der Waals surface area contributed by atoms with Crippen LogP contribution in [0.3, 0.4) is 0 Å². The molecule has 0 saturated carbocycles. The number of fused-ring (bicyclic) bond motifs is 1. The summed E-state index contributed by atoms with van der Waals surface area (Å²) in [6.07, 6.45) is 5.87. The second-order valence-electron chi connectivity index (χ2n) is 2.36. The fraction of sp³-hybridized carbons (Fsp3) is 0.429. The van der Waals surface area contributed by atoms with Gasteiger partial charge in [0.2, 0.25) is 0 Å². The van der Waals surface area contributed by atoms with Gasteiger partial charge >= 0.3 is 0 Å². The minimum absolute atomic E-state index is 0.315. The van der Waals surface area contributed by atoms with Gasteiger partial charge in [0.1, 0.15) is 6.04 Å². The fourth-order valence-corrected chi connectivity index (χ4v) is 2.12. The lowest BCUT2D eigenvalue weighted by molar-refractivity contribution is 0.916. The number of hydrogen-bond donors (Lipinski definition) is 0. The van der Waals surface area contributed by atoms with E-state index < -0.39 is 0 Å². The smallest absolute Gasteiger partial charge is 0.102 e. The summed E-state index contributed by atoms with van der Waals surface area (Å²) >= 11 is 1.82. The molecule has 0 saturated heterocycles. The number of nitrogens with zero attached hydrogens (tertiary/aromatic N) is 2. The van der Waals surface area contributed by atoms with Crippen molar-refractivity contribution in [3.8, 4) is 0 Å². The molecule has 10 heavy (non-hydrogen) atoms. The van der Waals surface area contributed by atoms with Crippen molar-refractivity contribution in [2.75, 3.05) is 0 Å². The first-order valence-electron chi connectivity index (χ1n) is 3.27. The second-order valence-corrected chi connectivity index (χ2v) is 3.73. The molecule has 0 aromatic carbocycles. The average Bonchev–Trinajstić information content (AvgIpc) is 2.27. The quantitative estimate of drug-likeness (QED) is 0.516. The first-order chi connectivity index (χ1) is 4.86. The second kappa shape index (κ2) is 2.23. The van der Waals surface area contributed by atoms with Crippen LogP contribution >= 0.6 is 11.8 Å². The highest BCUT2D eigenvalue weighted by Crippen LogP contribution is 2.28. The van der Waals surface area contributed by atoms with E-state index in [1.807, 2.05) is 31.1 Å². The van der Waals surface area contributed by atoms with Crippen LogP contribution in [0, 0.1) is 0 Å². The molecule has 2 nitrogen and oxygen atoms in total. The van der Waals surface area contributed by atoms with Crippen LogP contribution in [0.2, 0.25) is 0 Å². The summed E-state index contributed by atoms with van der Waals surface area (Å²) in [5.74, 6) is 0. The van der Waals surface area contributed by atoms with Crippen molar-refractivity contribution in [2.45, 2.75) is 18.2 Å². The zero-order valence-corrected chi connectivity index (χ0v) is 6.51. The predicted octanol–water partition coefficient (Wildman–Crippen LogP) is 1.49. The van der Waals surface area contributed by atoms with Gasteiger partial charge in [0.15, 0.2) is 0 Å². The minimum atomic E-state index is 0.315. The molecule has 2 aliphatic heterocycles. The Kier molecular flexibility index (Phi) is 1.38. The molecule has 2 atom stereocenters. The van der Waals surface area contributed by atoms with Gasteiger partial charge in [0.05, 0.1) is 10.3 Å². The summed E-state index contributed by atoms with van der Waals surface area (Å²) in [6, 6.07) is 0.315. The van der Waals surface area contributed by atoms with Crippen molar-refractivity contribution >= 4 is 23.0 Å². The van der Waals surface area contributed by atoms with Gasteiger partial charge in [-0.1, -0.05) is 6.08 Å². The van der Waals surface area contributed by atoms with E-state index in [1.54, 1.807) is 0 Å². The van der Waals surface area contributed by atoms with E-state index in [-0.39, 0.29) is 0 Å². The Morgan fingerprint density at radius 2 is 2.50 bits per heavy atom. The molecule has 0 spiro atoms. The Hall–Kier alpha value is -0.570. The molecule has 0 bridgehead atoms. The van der Waals surface area contributed by atoms with Gasteiger partial charge in [0, 0.05) is 12.4 Å². The maximum atomic E-state index is 4.39. The van der Waals surface area contributed by atoms with Gasteiger partial charge in [-0.05, 0) is 6.92 Å². The van der Waals surface area contributed by atoms with E-state index in [0.717, 1.165) is 0 Å². The summed E-state index contributed by atoms with van der Waals surface area (Å²) in [4.78, 5) is 8.42. The van der Waals surface area contributed by atoms with Crippen LogP contribution in [0.5, 0.6) is 0 Å². The van der Waals surface area contributed by atoms with Crippen molar-refractivity contribution in [1.82, 2.24) is 0 Å². The van der Waals surface area contributed by atoms with Crippen LogP contribution in [-0.2, 0) is 0 Å². The highest BCUT2D eigenvalue weighted by molar-refractivity contribution is 8.14.